The minimum absolute atomic E-state index is 0.312. The molecular weight excluding hydrogens is 320 g/mol. The van der Waals surface area contributed by atoms with Gasteiger partial charge in [-0.1, -0.05) is 0 Å². The molecule has 8 heteroatoms. The maximum atomic E-state index is 12.5. The zero-order valence-electron chi connectivity index (χ0n) is 7.45. The average Bonchev–Trinajstić information content (AvgIpc) is 2.14. The van der Waals surface area contributed by atoms with E-state index in [9.17, 15) is 22.0 Å². The summed E-state index contributed by atoms with van der Waals surface area (Å²) in [6.07, 6.45) is -7.80. The highest BCUT2D eigenvalue weighted by Gasteiger charge is 2.35. The zero-order valence-corrected chi connectivity index (χ0v) is 9.80. The summed E-state index contributed by atoms with van der Waals surface area (Å²) in [5, 5.41) is 0. The summed E-state index contributed by atoms with van der Waals surface area (Å²) in [4.78, 5) is 3.30. The Morgan fingerprint density at radius 1 is 1.38 bits per heavy atom. The quantitative estimate of drug-likeness (QED) is 0.442. The molecule has 16 heavy (non-hydrogen) atoms. The molecule has 0 unspecified atom stereocenters. The van der Waals surface area contributed by atoms with Gasteiger partial charge in [0.1, 0.15) is 10.3 Å². The summed E-state index contributed by atoms with van der Waals surface area (Å²) in [5.74, 6) is -0.466. The van der Waals surface area contributed by atoms with Crippen molar-refractivity contribution in [3.63, 3.8) is 0 Å². The van der Waals surface area contributed by atoms with Crippen LogP contribution in [0.15, 0.2) is 10.7 Å². The minimum atomic E-state index is -4.74. The van der Waals surface area contributed by atoms with Gasteiger partial charge in [-0.25, -0.2) is 13.8 Å². The van der Waals surface area contributed by atoms with Crippen LogP contribution in [0.3, 0.4) is 0 Å². The second-order valence-electron chi connectivity index (χ2n) is 2.80. The van der Waals surface area contributed by atoms with Crippen LogP contribution in [0.1, 0.15) is 23.2 Å². The topological polar surface area (TPSA) is 12.9 Å². The lowest BCUT2D eigenvalue weighted by Crippen LogP contribution is -2.11. The first-order chi connectivity index (χ1) is 7.27. The van der Waals surface area contributed by atoms with Crippen LogP contribution < -0.4 is 0 Å². The largest absolute Gasteiger partial charge is 0.416 e. The molecule has 0 aliphatic carbocycles. The molecule has 0 fully saturated rings. The summed E-state index contributed by atoms with van der Waals surface area (Å²) >= 11 is 8.01. The molecule has 0 saturated heterocycles. The van der Waals surface area contributed by atoms with Crippen LogP contribution in [0.5, 0.6) is 0 Å². The van der Waals surface area contributed by atoms with E-state index in [-0.39, 0.29) is 10.2 Å². The lowest BCUT2D eigenvalue weighted by Gasteiger charge is -2.13. The van der Waals surface area contributed by atoms with Gasteiger partial charge in [-0.15, -0.1) is 11.6 Å². The number of hydrogen-bond acceptors (Lipinski definition) is 1. The van der Waals surface area contributed by atoms with E-state index in [1.54, 1.807) is 0 Å². The molecule has 1 rings (SSSR count). The van der Waals surface area contributed by atoms with Gasteiger partial charge in [0, 0.05) is 5.56 Å². The molecule has 0 bridgehead atoms. The first-order valence-corrected chi connectivity index (χ1v) is 5.20. The van der Waals surface area contributed by atoms with Gasteiger partial charge in [0.2, 0.25) is 0 Å². The smallest absolute Gasteiger partial charge is 0.240 e. The number of alkyl halides is 6. The van der Waals surface area contributed by atoms with Crippen molar-refractivity contribution >= 4 is 27.5 Å². The summed E-state index contributed by atoms with van der Waals surface area (Å²) in [5.41, 5.74) is -2.48. The van der Waals surface area contributed by atoms with E-state index in [0.29, 0.717) is 6.07 Å². The molecular formula is C8H4BrClF5N. The summed E-state index contributed by atoms with van der Waals surface area (Å²) in [6, 6.07) is 0.313. The monoisotopic (exact) mass is 323 g/mol. The summed E-state index contributed by atoms with van der Waals surface area (Å²) in [7, 11) is 0. The van der Waals surface area contributed by atoms with Crippen molar-refractivity contribution in [2.45, 2.75) is 18.5 Å². The predicted molar refractivity (Wildman–Crippen MR) is 51.5 cm³/mol. The van der Waals surface area contributed by atoms with Crippen molar-refractivity contribution in [2.24, 2.45) is 0 Å². The molecule has 0 N–H and O–H groups in total. The van der Waals surface area contributed by atoms with Crippen molar-refractivity contribution < 1.29 is 22.0 Å². The van der Waals surface area contributed by atoms with E-state index in [1.807, 2.05) is 0 Å². The van der Waals surface area contributed by atoms with Crippen molar-refractivity contribution in [1.82, 2.24) is 4.98 Å². The summed E-state index contributed by atoms with van der Waals surface area (Å²) in [6.45, 7) is 0. The maximum Gasteiger partial charge on any atom is 0.416 e. The molecule has 0 saturated carbocycles. The third kappa shape index (κ3) is 2.82. The number of nitrogens with zero attached hydrogens (tertiary/aromatic N) is 1. The Bertz CT molecular complexity index is 393. The van der Waals surface area contributed by atoms with Crippen LogP contribution in [0.2, 0.25) is 0 Å². The van der Waals surface area contributed by atoms with Crippen LogP contribution in [-0.2, 0) is 12.1 Å². The Labute approximate surface area is 101 Å². The Kier molecular flexibility index (Phi) is 4.12. The van der Waals surface area contributed by atoms with Gasteiger partial charge < -0.3 is 0 Å². The number of rotatable bonds is 2. The van der Waals surface area contributed by atoms with E-state index in [1.165, 1.54) is 0 Å². The Morgan fingerprint density at radius 2 is 1.94 bits per heavy atom. The second-order valence-corrected chi connectivity index (χ2v) is 3.81. The standard InChI is InChI=1S/C8H4BrClF5N/c9-6-3(2-10)4(8(13,14)15)1-5(16-6)7(11)12/h1,7H,2H2. The van der Waals surface area contributed by atoms with Crippen LogP contribution in [0, 0.1) is 0 Å². The van der Waals surface area contributed by atoms with Crippen molar-refractivity contribution in [3.8, 4) is 0 Å². The Balaban J connectivity index is 3.43. The van der Waals surface area contributed by atoms with Gasteiger partial charge >= 0.3 is 6.18 Å². The molecule has 90 valence electrons. The fraction of sp³-hybridized carbons (Fsp3) is 0.375. The molecule has 0 atom stereocenters. The molecule has 1 aromatic heterocycles. The fourth-order valence-electron chi connectivity index (χ4n) is 1.05. The Morgan fingerprint density at radius 3 is 2.31 bits per heavy atom. The average molecular weight is 324 g/mol. The van der Waals surface area contributed by atoms with Gasteiger partial charge in [0.15, 0.2) is 0 Å². The third-order valence-electron chi connectivity index (χ3n) is 1.76. The van der Waals surface area contributed by atoms with E-state index in [4.69, 9.17) is 11.6 Å². The van der Waals surface area contributed by atoms with Crippen LogP contribution in [0.25, 0.3) is 0 Å². The molecule has 0 aliphatic rings. The van der Waals surface area contributed by atoms with Gasteiger partial charge in [-0.05, 0) is 22.0 Å². The molecule has 0 aromatic carbocycles. The van der Waals surface area contributed by atoms with E-state index in [0.717, 1.165) is 0 Å². The second kappa shape index (κ2) is 4.83. The molecule has 0 amide bonds. The normalized spacial score (nSPS) is 12.2. The lowest BCUT2D eigenvalue weighted by molar-refractivity contribution is -0.138. The van der Waals surface area contributed by atoms with Gasteiger partial charge in [0.25, 0.3) is 6.43 Å². The molecule has 1 aromatic rings. The zero-order chi connectivity index (χ0) is 12.5. The minimum Gasteiger partial charge on any atom is -0.240 e. The number of halogens is 7. The third-order valence-corrected chi connectivity index (χ3v) is 2.68. The van der Waals surface area contributed by atoms with E-state index < -0.39 is 29.7 Å². The Hall–Kier alpha value is -0.430. The molecule has 0 aliphatic heterocycles. The highest BCUT2D eigenvalue weighted by Crippen LogP contribution is 2.37. The van der Waals surface area contributed by atoms with Gasteiger partial charge in [-0.2, -0.15) is 13.2 Å². The van der Waals surface area contributed by atoms with Gasteiger partial charge in [-0.3, -0.25) is 0 Å². The van der Waals surface area contributed by atoms with Crippen molar-refractivity contribution in [2.75, 3.05) is 0 Å². The van der Waals surface area contributed by atoms with E-state index in [2.05, 4.69) is 20.9 Å². The number of pyridine rings is 1. The number of aromatic nitrogens is 1. The predicted octanol–water partition coefficient (Wildman–Crippen LogP) is 4.54. The lowest BCUT2D eigenvalue weighted by atomic mass is 10.1. The summed E-state index contributed by atoms with van der Waals surface area (Å²) < 4.78 is 61.7. The van der Waals surface area contributed by atoms with Crippen LogP contribution in [0.4, 0.5) is 22.0 Å². The van der Waals surface area contributed by atoms with Crippen molar-refractivity contribution in [3.05, 3.63) is 27.5 Å². The van der Waals surface area contributed by atoms with E-state index >= 15 is 0 Å². The highest BCUT2D eigenvalue weighted by molar-refractivity contribution is 9.10. The molecule has 1 heterocycles. The highest BCUT2D eigenvalue weighted by atomic mass is 79.9. The number of hydrogen-bond donors (Lipinski definition) is 0. The first kappa shape index (κ1) is 13.6. The van der Waals surface area contributed by atoms with Crippen LogP contribution >= 0.6 is 27.5 Å². The van der Waals surface area contributed by atoms with Crippen LogP contribution in [-0.4, -0.2) is 4.98 Å². The SMILES string of the molecule is FC(F)c1cc(C(F)(F)F)c(CCl)c(Br)n1. The molecule has 1 nitrogen and oxygen atoms in total. The fourth-order valence-corrected chi connectivity index (χ4v) is 2.04. The van der Waals surface area contributed by atoms with Crippen molar-refractivity contribution in [1.29, 1.82) is 0 Å². The molecule has 0 radical (unpaired) electrons. The van der Waals surface area contributed by atoms with Gasteiger partial charge in [0.05, 0.1) is 11.4 Å². The molecule has 0 spiro atoms. The maximum absolute atomic E-state index is 12.5. The first-order valence-electron chi connectivity index (χ1n) is 3.88.